The van der Waals surface area contributed by atoms with Crippen molar-refractivity contribution in [3.8, 4) is 5.75 Å². The molecular weight excluding hydrogens is 318 g/mol. The normalized spacial score (nSPS) is 18.1. The Balaban J connectivity index is 1.76. The van der Waals surface area contributed by atoms with Crippen LogP contribution in [-0.4, -0.2) is 33.6 Å². The summed E-state index contributed by atoms with van der Waals surface area (Å²) in [5, 5.41) is 5.52. The fourth-order valence-corrected chi connectivity index (χ4v) is 3.67. The van der Waals surface area contributed by atoms with E-state index in [1.165, 1.54) is 19.2 Å². The Bertz CT molecular complexity index is 697. The number of methoxy groups -OCH3 is 1. The van der Waals surface area contributed by atoms with Crippen LogP contribution in [-0.2, 0) is 10.0 Å². The average molecular weight is 339 g/mol. The van der Waals surface area contributed by atoms with E-state index in [1.54, 1.807) is 6.07 Å². The standard InChI is InChI=1S/C15H21N3O4S/c1-22-14-8-7-12(23(20,21)18-11-5-6-11)9-13(14)17-15(19)16-10-3-2-4-10/h7-11,18H,2-6H2,1H3,(H2,16,17,19). The number of hydrogen-bond donors (Lipinski definition) is 3. The third-order valence-electron chi connectivity index (χ3n) is 4.07. The van der Waals surface area contributed by atoms with Crippen molar-refractivity contribution in [3.63, 3.8) is 0 Å². The maximum Gasteiger partial charge on any atom is 0.319 e. The summed E-state index contributed by atoms with van der Waals surface area (Å²) < 4.78 is 32.4. The van der Waals surface area contributed by atoms with Crippen molar-refractivity contribution in [2.75, 3.05) is 12.4 Å². The second-order valence-corrected chi connectivity index (χ2v) is 7.70. The summed E-state index contributed by atoms with van der Waals surface area (Å²) >= 11 is 0. The van der Waals surface area contributed by atoms with Gasteiger partial charge in [-0.2, -0.15) is 0 Å². The van der Waals surface area contributed by atoms with Crippen LogP contribution in [0.15, 0.2) is 23.1 Å². The fourth-order valence-electron chi connectivity index (χ4n) is 2.34. The molecule has 2 amide bonds. The van der Waals surface area contributed by atoms with Crippen LogP contribution >= 0.6 is 0 Å². The van der Waals surface area contributed by atoms with E-state index in [0.717, 1.165) is 32.1 Å². The number of nitrogens with one attached hydrogen (secondary N) is 3. The van der Waals surface area contributed by atoms with E-state index in [2.05, 4.69) is 15.4 Å². The Morgan fingerprint density at radius 2 is 1.91 bits per heavy atom. The number of urea groups is 1. The van der Waals surface area contributed by atoms with Gasteiger partial charge in [-0.1, -0.05) is 0 Å². The molecule has 0 atom stereocenters. The predicted octanol–water partition coefficient (Wildman–Crippen LogP) is 1.81. The van der Waals surface area contributed by atoms with Crippen molar-refractivity contribution in [2.45, 2.75) is 49.1 Å². The number of carbonyl (C=O) groups is 1. The van der Waals surface area contributed by atoms with Crippen molar-refractivity contribution in [1.82, 2.24) is 10.0 Å². The molecule has 0 saturated heterocycles. The molecule has 0 spiro atoms. The highest BCUT2D eigenvalue weighted by atomic mass is 32.2. The molecule has 7 nitrogen and oxygen atoms in total. The lowest BCUT2D eigenvalue weighted by molar-refractivity contribution is 0.240. The van der Waals surface area contributed by atoms with Crippen LogP contribution in [0.2, 0.25) is 0 Å². The Morgan fingerprint density at radius 3 is 2.48 bits per heavy atom. The molecular formula is C15H21N3O4S. The lowest BCUT2D eigenvalue weighted by Crippen LogP contribution is -2.41. The van der Waals surface area contributed by atoms with Crippen LogP contribution in [0.1, 0.15) is 32.1 Å². The molecule has 2 saturated carbocycles. The number of hydrogen-bond acceptors (Lipinski definition) is 4. The summed E-state index contributed by atoms with van der Waals surface area (Å²) in [7, 11) is -2.10. The van der Waals surface area contributed by atoms with E-state index in [0.29, 0.717) is 11.4 Å². The van der Waals surface area contributed by atoms with Gasteiger partial charge in [-0.3, -0.25) is 0 Å². The number of benzene rings is 1. The van der Waals surface area contributed by atoms with Gasteiger partial charge in [0.15, 0.2) is 0 Å². The van der Waals surface area contributed by atoms with Gasteiger partial charge in [-0.25, -0.2) is 17.9 Å². The third kappa shape index (κ3) is 3.94. The second kappa shape index (κ2) is 6.37. The summed E-state index contributed by atoms with van der Waals surface area (Å²) in [6.07, 6.45) is 4.80. The van der Waals surface area contributed by atoms with Gasteiger partial charge in [-0.05, 0) is 50.3 Å². The molecule has 1 aromatic rings. The van der Waals surface area contributed by atoms with Crippen molar-refractivity contribution in [1.29, 1.82) is 0 Å². The Kier molecular flexibility index (Phi) is 4.45. The Labute approximate surface area is 135 Å². The minimum Gasteiger partial charge on any atom is -0.495 e. The lowest BCUT2D eigenvalue weighted by Gasteiger charge is -2.26. The number of anilines is 1. The van der Waals surface area contributed by atoms with E-state index >= 15 is 0 Å². The quantitative estimate of drug-likeness (QED) is 0.736. The summed E-state index contributed by atoms with van der Waals surface area (Å²) in [4.78, 5) is 12.1. The van der Waals surface area contributed by atoms with E-state index in [4.69, 9.17) is 4.74 Å². The number of amides is 2. The first kappa shape index (κ1) is 16.1. The van der Waals surface area contributed by atoms with Crippen LogP contribution in [0.5, 0.6) is 5.75 Å². The molecule has 3 rings (SSSR count). The molecule has 2 aliphatic carbocycles. The SMILES string of the molecule is COc1ccc(S(=O)(=O)NC2CC2)cc1NC(=O)NC1CCC1. The third-order valence-corrected chi connectivity index (χ3v) is 5.59. The Hall–Kier alpha value is -1.80. The van der Waals surface area contributed by atoms with Crippen LogP contribution in [0.4, 0.5) is 10.5 Å². The number of carbonyl (C=O) groups excluding carboxylic acids is 1. The van der Waals surface area contributed by atoms with Gasteiger partial charge in [0.05, 0.1) is 17.7 Å². The molecule has 2 fully saturated rings. The fraction of sp³-hybridized carbons (Fsp3) is 0.533. The van der Waals surface area contributed by atoms with Crippen molar-refractivity contribution in [3.05, 3.63) is 18.2 Å². The van der Waals surface area contributed by atoms with E-state index in [9.17, 15) is 13.2 Å². The molecule has 0 unspecified atom stereocenters. The molecule has 0 aliphatic heterocycles. The molecule has 3 N–H and O–H groups in total. The molecule has 0 heterocycles. The topological polar surface area (TPSA) is 96.5 Å². The molecule has 1 aromatic carbocycles. The first-order chi connectivity index (χ1) is 11.0. The number of ether oxygens (including phenoxy) is 1. The van der Waals surface area contributed by atoms with Gasteiger partial charge in [0.25, 0.3) is 0 Å². The lowest BCUT2D eigenvalue weighted by atomic mass is 9.93. The summed E-state index contributed by atoms with van der Waals surface area (Å²) in [5.74, 6) is 0.416. The Morgan fingerprint density at radius 1 is 1.17 bits per heavy atom. The summed E-state index contributed by atoms with van der Waals surface area (Å²) in [6.45, 7) is 0. The van der Waals surface area contributed by atoms with Crippen molar-refractivity contribution in [2.24, 2.45) is 0 Å². The van der Waals surface area contributed by atoms with Gasteiger partial charge in [0.2, 0.25) is 10.0 Å². The first-order valence-corrected chi connectivity index (χ1v) is 9.24. The molecule has 2 aliphatic rings. The van der Waals surface area contributed by atoms with Gasteiger partial charge >= 0.3 is 6.03 Å². The smallest absolute Gasteiger partial charge is 0.319 e. The molecule has 23 heavy (non-hydrogen) atoms. The average Bonchev–Trinajstić information content (AvgIpc) is 3.26. The first-order valence-electron chi connectivity index (χ1n) is 7.76. The number of rotatable bonds is 6. The molecule has 0 aromatic heterocycles. The minimum absolute atomic E-state index is 0.0282. The van der Waals surface area contributed by atoms with Gasteiger partial charge in [0, 0.05) is 12.1 Å². The molecule has 8 heteroatoms. The largest absolute Gasteiger partial charge is 0.495 e. The molecule has 126 valence electrons. The summed E-state index contributed by atoms with van der Waals surface area (Å²) in [6, 6.07) is 4.31. The zero-order valence-corrected chi connectivity index (χ0v) is 13.8. The monoisotopic (exact) mass is 339 g/mol. The van der Waals surface area contributed by atoms with Gasteiger partial charge in [0.1, 0.15) is 5.75 Å². The maximum absolute atomic E-state index is 12.3. The zero-order chi connectivity index (χ0) is 16.4. The van der Waals surface area contributed by atoms with Crippen LogP contribution in [0.3, 0.4) is 0 Å². The van der Waals surface area contributed by atoms with E-state index in [1.807, 2.05) is 0 Å². The van der Waals surface area contributed by atoms with Gasteiger partial charge in [-0.15, -0.1) is 0 Å². The van der Waals surface area contributed by atoms with E-state index < -0.39 is 10.0 Å². The highest BCUT2D eigenvalue weighted by Crippen LogP contribution is 2.29. The number of sulfonamides is 1. The van der Waals surface area contributed by atoms with Crippen molar-refractivity contribution < 1.29 is 17.9 Å². The van der Waals surface area contributed by atoms with Crippen LogP contribution in [0.25, 0.3) is 0 Å². The van der Waals surface area contributed by atoms with Crippen LogP contribution < -0.4 is 20.1 Å². The highest BCUT2D eigenvalue weighted by molar-refractivity contribution is 7.89. The molecule has 0 radical (unpaired) electrons. The van der Waals surface area contributed by atoms with E-state index in [-0.39, 0.29) is 23.0 Å². The molecule has 0 bridgehead atoms. The summed E-state index contributed by atoms with van der Waals surface area (Å²) in [5.41, 5.74) is 0.336. The van der Waals surface area contributed by atoms with Crippen molar-refractivity contribution >= 4 is 21.7 Å². The minimum atomic E-state index is -3.57. The maximum atomic E-state index is 12.3. The zero-order valence-electron chi connectivity index (χ0n) is 13.0. The van der Waals surface area contributed by atoms with Crippen LogP contribution in [0, 0.1) is 0 Å². The second-order valence-electron chi connectivity index (χ2n) is 5.98. The van der Waals surface area contributed by atoms with Gasteiger partial charge < -0.3 is 15.4 Å². The predicted molar refractivity (Wildman–Crippen MR) is 86.1 cm³/mol. The highest BCUT2D eigenvalue weighted by Gasteiger charge is 2.28.